The molecule has 0 aliphatic heterocycles. The quantitative estimate of drug-likeness (QED) is 0.831. The van der Waals surface area contributed by atoms with Crippen LogP contribution in [0.25, 0.3) is 11.0 Å². The second-order valence-electron chi connectivity index (χ2n) is 4.28. The number of benzene rings is 1. The Morgan fingerprint density at radius 2 is 1.89 bits per heavy atom. The number of nitrogens with one attached hydrogen (secondary N) is 1. The van der Waals surface area contributed by atoms with Crippen molar-refractivity contribution in [2.45, 2.75) is 32.6 Å². The highest BCUT2D eigenvalue weighted by Gasteiger charge is 2.08. The molecule has 0 saturated carbocycles. The van der Waals surface area contributed by atoms with Crippen LogP contribution in [0, 0.1) is 22.7 Å². The van der Waals surface area contributed by atoms with Crippen LogP contribution in [0.1, 0.15) is 43.1 Å². The van der Waals surface area contributed by atoms with Crippen molar-refractivity contribution in [3.8, 4) is 12.1 Å². The fraction of sp³-hybridized carbons (Fsp3) is 0.357. The lowest BCUT2D eigenvalue weighted by Crippen LogP contribution is -1.87. The highest BCUT2D eigenvalue weighted by atomic mass is 14.9. The molecule has 0 spiro atoms. The molecular weight excluding hydrogens is 224 g/mol. The molecule has 0 aliphatic rings. The Kier molecular flexibility index (Phi) is 3.60. The van der Waals surface area contributed by atoms with Gasteiger partial charge in [0.25, 0.3) is 0 Å². The second-order valence-corrected chi connectivity index (χ2v) is 4.28. The largest absolute Gasteiger partial charge is 0.342 e. The maximum atomic E-state index is 8.95. The van der Waals surface area contributed by atoms with Crippen LogP contribution in [0.15, 0.2) is 12.1 Å². The fourth-order valence-electron chi connectivity index (χ4n) is 1.96. The fourth-order valence-corrected chi connectivity index (χ4v) is 1.96. The summed E-state index contributed by atoms with van der Waals surface area (Å²) in [6, 6.07) is 7.43. The van der Waals surface area contributed by atoms with Crippen molar-refractivity contribution in [2.24, 2.45) is 0 Å². The summed E-state index contributed by atoms with van der Waals surface area (Å²) in [5, 5.41) is 17.9. The van der Waals surface area contributed by atoms with Gasteiger partial charge in [0.1, 0.15) is 18.0 Å². The van der Waals surface area contributed by atoms with E-state index < -0.39 is 0 Å². The molecule has 2 aromatic rings. The first-order valence-electron chi connectivity index (χ1n) is 6.11. The summed E-state index contributed by atoms with van der Waals surface area (Å²) in [7, 11) is 0. The number of fused-ring (bicyclic) bond motifs is 1. The molecule has 1 aromatic heterocycles. The van der Waals surface area contributed by atoms with E-state index in [9.17, 15) is 0 Å². The van der Waals surface area contributed by atoms with Crippen LogP contribution in [-0.4, -0.2) is 9.97 Å². The Morgan fingerprint density at radius 3 is 2.56 bits per heavy atom. The molecule has 0 atom stereocenters. The number of unbranched alkanes of at least 4 members (excludes halogenated alkanes) is 2. The molecule has 0 saturated heterocycles. The Labute approximate surface area is 106 Å². The zero-order valence-corrected chi connectivity index (χ0v) is 10.3. The number of H-pyrrole nitrogens is 1. The number of aryl methyl sites for hydroxylation is 1. The SMILES string of the molecule is CCCCCc1nc2cc(C#N)c(C#N)cc2[nH]1. The molecule has 0 amide bonds. The summed E-state index contributed by atoms with van der Waals surface area (Å²) < 4.78 is 0. The zero-order valence-electron chi connectivity index (χ0n) is 10.3. The van der Waals surface area contributed by atoms with Crippen LogP contribution in [0.2, 0.25) is 0 Å². The summed E-state index contributed by atoms with van der Waals surface area (Å²) in [6.45, 7) is 2.16. The standard InChI is InChI=1S/C14H14N4/c1-2-3-4-5-14-17-12-6-10(8-15)11(9-16)7-13(12)18-14/h6-7H,2-5H2,1H3,(H,17,18). The lowest BCUT2D eigenvalue weighted by Gasteiger charge is -1.93. The van der Waals surface area contributed by atoms with Crippen molar-refractivity contribution in [3.05, 3.63) is 29.1 Å². The van der Waals surface area contributed by atoms with Crippen LogP contribution < -0.4 is 0 Å². The topological polar surface area (TPSA) is 76.3 Å². The van der Waals surface area contributed by atoms with Gasteiger partial charge >= 0.3 is 0 Å². The van der Waals surface area contributed by atoms with E-state index in [0.717, 1.165) is 29.7 Å². The monoisotopic (exact) mass is 238 g/mol. The maximum absolute atomic E-state index is 8.95. The summed E-state index contributed by atoms with van der Waals surface area (Å²) in [6.07, 6.45) is 4.38. The summed E-state index contributed by atoms with van der Waals surface area (Å²) in [5.41, 5.74) is 2.37. The van der Waals surface area contributed by atoms with Gasteiger partial charge in [0, 0.05) is 6.42 Å². The van der Waals surface area contributed by atoms with Gasteiger partial charge in [-0.3, -0.25) is 0 Å². The first kappa shape index (κ1) is 12.1. The average Bonchev–Trinajstić information content (AvgIpc) is 2.78. The van der Waals surface area contributed by atoms with E-state index in [0.29, 0.717) is 11.1 Å². The first-order chi connectivity index (χ1) is 8.78. The van der Waals surface area contributed by atoms with Gasteiger partial charge < -0.3 is 4.98 Å². The van der Waals surface area contributed by atoms with Gasteiger partial charge in [-0.1, -0.05) is 19.8 Å². The molecule has 0 fully saturated rings. The number of aromatic nitrogens is 2. The molecule has 1 aromatic carbocycles. The van der Waals surface area contributed by atoms with Crippen molar-refractivity contribution in [1.82, 2.24) is 9.97 Å². The summed E-state index contributed by atoms with van der Waals surface area (Å²) in [4.78, 5) is 7.66. The number of imidazole rings is 1. The smallest absolute Gasteiger partial charge is 0.107 e. The van der Waals surface area contributed by atoms with E-state index in [2.05, 4.69) is 16.9 Å². The van der Waals surface area contributed by atoms with Crippen molar-refractivity contribution >= 4 is 11.0 Å². The van der Waals surface area contributed by atoms with Gasteiger partial charge in [-0.15, -0.1) is 0 Å². The molecule has 4 nitrogen and oxygen atoms in total. The molecule has 1 heterocycles. The number of nitrogens with zero attached hydrogens (tertiary/aromatic N) is 3. The average molecular weight is 238 g/mol. The second kappa shape index (κ2) is 5.33. The van der Waals surface area contributed by atoms with Crippen LogP contribution in [-0.2, 0) is 6.42 Å². The summed E-state index contributed by atoms with van der Waals surface area (Å²) in [5.74, 6) is 0.928. The van der Waals surface area contributed by atoms with Crippen molar-refractivity contribution in [3.63, 3.8) is 0 Å². The molecule has 90 valence electrons. The minimum atomic E-state index is 0.386. The molecule has 4 heteroatoms. The highest BCUT2D eigenvalue weighted by Crippen LogP contribution is 2.18. The normalized spacial score (nSPS) is 10.2. The number of aromatic amines is 1. The van der Waals surface area contributed by atoms with Crippen LogP contribution in [0.5, 0.6) is 0 Å². The van der Waals surface area contributed by atoms with E-state index in [-0.39, 0.29) is 0 Å². The van der Waals surface area contributed by atoms with Crippen molar-refractivity contribution in [2.75, 3.05) is 0 Å². The third kappa shape index (κ3) is 2.33. The maximum Gasteiger partial charge on any atom is 0.107 e. The Hall–Kier alpha value is -2.33. The number of rotatable bonds is 4. The van der Waals surface area contributed by atoms with E-state index in [1.165, 1.54) is 12.8 Å². The minimum Gasteiger partial charge on any atom is -0.342 e. The predicted octanol–water partition coefficient (Wildman–Crippen LogP) is 3.04. The van der Waals surface area contributed by atoms with Crippen molar-refractivity contribution in [1.29, 1.82) is 10.5 Å². The third-order valence-electron chi connectivity index (χ3n) is 2.93. The first-order valence-corrected chi connectivity index (χ1v) is 6.11. The minimum absolute atomic E-state index is 0.386. The van der Waals surface area contributed by atoms with E-state index in [1.807, 2.05) is 12.1 Å². The van der Waals surface area contributed by atoms with Gasteiger partial charge in [-0.2, -0.15) is 10.5 Å². The Morgan fingerprint density at radius 1 is 1.17 bits per heavy atom. The molecule has 0 unspecified atom stereocenters. The van der Waals surface area contributed by atoms with Crippen LogP contribution in [0.4, 0.5) is 0 Å². The molecule has 2 rings (SSSR count). The van der Waals surface area contributed by atoms with E-state index in [1.54, 1.807) is 12.1 Å². The molecule has 18 heavy (non-hydrogen) atoms. The van der Waals surface area contributed by atoms with Gasteiger partial charge in [0.15, 0.2) is 0 Å². The molecule has 0 bridgehead atoms. The van der Waals surface area contributed by atoms with Gasteiger partial charge in [-0.25, -0.2) is 4.98 Å². The van der Waals surface area contributed by atoms with Crippen LogP contribution in [0.3, 0.4) is 0 Å². The molecule has 0 aliphatic carbocycles. The van der Waals surface area contributed by atoms with Gasteiger partial charge in [0.05, 0.1) is 22.2 Å². The highest BCUT2D eigenvalue weighted by molar-refractivity contribution is 5.79. The Balaban J connectivity index is 2.34. The van der Waals surface area contributed by atoms with Crippen molar-refractivity contribution < 1.29 is 0 Å². The van der Waals surface area contributed by atoms with E-state index in [4.69, 9.17) is 10.5 Å². The Bertz CT molecular complexity index is 589. The predicted molar refractivity (Wildman–Crippen MR) is 68.8 cm³/mol. The lowest BCUT2D eigenvalue weighted by atomic mass is 10.1. The van der Waals surface area contributed by atoms with Crippen LogP contribution >= 0.6 is 0 Å². The number of nitriles is 2. The molecular formula is C14H14N4. The van der Waals surface area contributed by atoms with Gasteiger partial charge in [0.2, 0.25) is 0 Å². The lowest BCUT2D eigenvalue weighted by molar-refractivity contribution is 0.700. The molecule has 0 radical (unpaired) electrons. The zero-order chi connectivity index (χ0) is 13.0. The summed E-state index contributed by atoms with van der Waals surface area (Å²) >= 11 is 0. The van der Waals surface area contributed by atoms with Gasteiger partial charge in [-0.05, 0) is 18.6 Å². The van der Waals surface area contributed by atoms with E-state index >= 15 is 0 Å². The number of hydrogen-bond donors (Lipinski definition) is 1. The molecule has 1 N–H and O–H groups in total. The third-order valence-corrected chi connectivity index (χ3v) is 2.93. The number of hydrogen-bond acceptors (Lipinski definition) is 3.